The van der Waals surface area contributed by atoms with Crippen molar-refractivity contribution in [1.29, 1.82) is 0 Å². The first-order valence-electron chi connectivity index (χ1n) is 11.1. The molecule has 1 aromatic rings. The maximum atomic E-state index is 13.2. The minimum absolute atomic E-state index is 0.0345. The number of carbonyl (C=O) groups is 2. The summed E-state index contributed by atoms with van der Waals surface area (Å²) in [6.07, 6.45) is 3.68. The fourth-order valence-electron chi connectivity index (χ4n) is 4.53. The molecule has 2 saturated heterocycles. The van der Waals surface area contributed by atoms with Crippen LogP contribution in [0.5, 0.6) is 0 Å². The zero-order chi connectivity index (χ0) is 22.0. The molecule has 0 N–H and O–H groups in total. The molecule has 1 aromatic carbocycles. The molecule has 3 aliphatic rings. The molecule has 0 unspecified atom stereocenters. The average Bonchev–Trinajstić information content (AvgIpc) is 3.62. The van der Waals surface area contributed by atoms with Gasteiger partial charge in [0.1, 0.15) is 0 Å². The molecule has 4 rings (SSSR count). The standard InChI is InChI=1S/C22H31N3O5S/c1-30-22(27)19-4-2-3-5-20(19)31(28,29)25-10-8-18(9-11-25)21(26)24-14-12-23(13-15-24)16-17-6-7-17/h2-5,17-18H,6-16H2,1H3. The number of piperidine rings is 1. The molecule has 3 fully saturated rings. The van der Waals surface area contributed by atoms with Gasteiger partial charge < -0.3 is 9.64 Å². The molecule has 1 aliphatic carbocycles. The summed E-state index contributed by atoms with van der Waals surface area (Å²) in [5.41, 5.74) is 0.0345. The second-order valence-corrected chi connectivity index (χ2v) is 10.6. The number of nitrogens with zero attached hydrogens (tertiary/aromatic N) is 3. The molecule has 0 atom stereocenters. The van der Waals surface area contributed by atoms with Gasteiger partial charge in [-0.2, -0.15) is 4.31 Å². The number of hydrogen-bond donors (Lipinski definition) is 0. The van der Waals surface area contributed by atoms with E-state index >= 15 is 0 Å². The minimum Gasteiger partial charge on any atom is -0.465 e. The fourth-order valence-corrected chi connectivity index (χ4v) is 6.18. The highest BCUT2D eigenvalue weighted by atomic mass is 32.2. The molecular weight excluding hydrogens is 418 g/mol. The normalized spacial score (nSPS) is 21.8. The van der Waals surface area contributed by atoms with Gasteiger partial charge in [-0.05, 0) is 43.7 Å². The van der Waals surface area contributed by atoms with E-state index in [4.69, 9.17) is 4.74 Å². The van der Waals surface area contributed by atoms with Gasteiger partial charge in [0.2, 0.25) is 15.9 Å². The molecule has 8 nitrogen and oxygen atoms in total. The summed E-state index contributed by atoms with van der Waals surface area (Å²) in [6.45, 7) is 5.09. The lowest BCUT2D eigenvalue weighted by Crippen LogP contribution is -2.52. The molecular formula is C22H31N3O5S. The Morgan fingerprint density at radius 2 is 1.61 bits per heavy atom. The summed E-state index contributed by atoms with van der Waals surface area (Å²) in [6, 6.07) is 6.09. The van der Waals surface area contributed by atoms with Gasteiger partial charge in [0.25, 0.3) is 0 Å². The zero-order valence-electron chi connectivity index (χ0n) is 18.0. The number of methoxy groups -OCH3 is 1. The van der Waals surface area contributed by atoms with E-state index in [0.717, 1.165) is 38.6 Å². The number of piperazine rings is 1. The summed E-state index contributed by atoms with van der Waals surface area (Å²) in [7, 11) is -2.60. The van der Waals surface area contributed by atoms with Crippen molar-refractivity contribution in [1.82, 2.24) is 14.1 Å². The van der Waals surface area contributed by atoms with E-state index in [9.17, 15) is 18.0 Å². The van der Waals surface area contributed by atoms with E-state index in [0.29, 0.717) is 12.8 Å². The van der Waals surface area contributed by atoms with Gasteiger partial charge in [0.05, 0.1) is 17.6 Å². The van der Waals surface area contributed by atoms with Crippen molar-refractivity contribution in [2.75, 3.05) is 52.9 Å². The van der Waals surface area contributed by atoms with E-state index in [1.807, 2.05) is 4.90 Å². The van der Waals surface area contributed by atoms with Crippen LogP contribution >= 0.6 is 0 Å². The van der Waals surface area contributed by atoms with Crippen molar-refractivity contribution in [3.8, 4) is 0 Å². The van der Waals surface area contributed by atoms with Crippen LogP contribution in [-0.4, -0.2) is 87.3 Å². The van der Waals surface area contributed by atoms with Gasteiger partial charge >= 0.3 is 5.97 Å². The Bertz CT molecular complexity index is 915. The predicted molar refractivity (Wildman–Crippen MR) is 115 cm³/mol. The number of ether oxygens (including phenoxy) is 1. The fraction of sp³-hybridized carbons (Fsp3) is 0.636. The van der Waals surface area contributed by atoms with Gasteiger partial charge in [-0.15, -0.1) is 0 Å². The lowest BCUT2D eigenvalue weighted by atomic mass is 9.96. The Hall–Kier alpha value is -1.97. The van der Waals surface area contributed by atoms with Gasteiger partial charge in [-0.25, -0.2) is 13.2 Å². The summed E-state index contributed by atoms with van der Waals surface area (Å²) in [4.78, 5) is 29.3. The molecule has 1 saturated carbocycles. The first kappa shape index (κ1) is 22.2. The molecule has 0 aromatic heterocycles. The van der Waals surface area contributed by atoms with E-state index in [1.165, 1.54) is 36.4 Å². The van der Waals surface area contributed by atoms with E-state index in [1.54, 1.807) is 12.1 Å². The lowest BCUT2D eigenvalue weighted by molar-refractivity contribution is -0.138. The number of hydrogen-bond acceptors (Lipinski definition) is 6. The van der Waals surface area contributed by atoms with Crippen LogP contribution in [0, 0.1) is 11.8 Å². The maximum absolute atomic E-state index is 13.2. The van der Waals surface area contributed by atoms with E-state index in [2.05, 4.69) is 4.90 Å². The van der Waals surface area contributed by atoms with Crippen molar-refractivity contribution in [3.05, 3.63) is 29.8 Å². The SMILES string of the molecule is COC(=O)c1ccccc1S(=O)(=O)N1CCC(C(=O)N2CCN(CC3CC3)CC2)CC1. The molecule has 0 radical (unpaired) electrons. The van der Waals surface area contributed by atoms with Crippen molar-refractivity contribution < 1.29 is 22.7 Å². The molecule has 2 heterocycles. The van der Waals surface area contributed by atoms with Gasteiger partial charge in [0, 0.05) is 51.7 Å². The van der Waals surface area contributed by atoms with E-state index in [-0.39, 0.29) is 35.4 Å². The number of sulfonamides is 1. The second kappa shape index (κ2) is 9.26. The number of rotatable bonds is 6. The van der Waals surface area contributed by atoms with E-state index < -0.39 is 16.0 Å². The van der Waals surface area contributed by atoms with Crippen LogP contribution in [0.2, 0.25) is 0 Å². The highest BCUT2D eigenvalue weighted by Gasteiger charge is 2.36. The maximum Gasteiger partial charge on any atom is 0.339 e. The van der Waals surface area contributed by atoms with Crippen LogP contribution in [0.4, 0.5) is 0 Å². The van der Waals surface area contributed by atoms with Crippen LogP contribution < -0.4 is 0 Å². The number of amides is 1. The topological polar surface area (TPSA) is 87.2 Å². The molecule has 0 spiro atoms. The predicted octanol–water partition coefficient (Wildman–Crippen LogP) is 1.43. The Morgan fingerprint density at radius 3 is 2.23 bits per heavy atom. The Labute approximate surface area is 184 Å². The summed E-state index contributed by atoms with van der Waals surface area (Å²) in [5, 5.41) is 0. The van der Waals surface area contributed by atoms with Crippen molar-refractivity contribution in [2.24, 2.45) is 11.8 Å². The van der Waals surface area contributed by atoms with Crippen LogP contribution in [0.15, 0.2) is 29.2 Å². The Balaban J connectivity index is 1.34. The smallest absolute Gasteiger partial charge is 0.339 e. The van der Waals surface area contributed by atoms with Crippen molar-refractivity contribution in [2.45, 2.75) is 30.6 Å². The number of benzene rings is 1. The first-order valence-corrected chi connectivity index (χ1v) is 12.5. The molecule has 2 aliphatic heterocycles. The highest BCUT2D eigenvalue weighted by Crippen LogP contribution is 2.30. The Morgan fingerprint density at radius 1 is 0.968 bits per heavy atom. The molecule has 170 valence electrons. The monoisotopic (exact) mass is 449 g/mol. The Kier molecular flexibility index (Phi) is 6.64. The number of carbonyl (C=O) groups excluding carboxylic acids is 2. The van der Waals surface area contributed by atoms with Crippen molar-refractivity contribution >= 4 is 21.9 Å². The third-order valence-corrected chi connectivity index (χ3v) is 8.57. The summed E-state index contributed by atoms with van der Waals surface area (Å²) in [5.74, 6) is 0.193. The van der Waals surface area contributed by atoms with Crippen molar-refractivity contribution in [3.63, 3.8) is 0 Å². The zero-order valence-corrected chi connectivity index (χ0v) is 18.8. The molecule has 9 heteroatoms. The summed E-state index contributed by atoms with van der Waals surface area (Å²) >= 11 is 0. The van der Waals surface area contributed by atoms with Gasteiger partial charge in [-0.3, -0.25) is 9.69 Å². The summed E-state index contributed by atoms with van der Waals surface area (Å²) < 4.78 is 32.4. The van der Waals surface area contributed by atoms with Crippen LogP contribution in [0.1, 0.15) is 36.0 Å². The molecule has 31 heavy (non-hydrogen) atoms. The largest absolute Gasteiger partial charge is 0.465 e. The third kappa shape index (κ3) is 4.94. The minimum atomic E-state index is -3.83. The molecule has 0 bridgehead atoms. The third-order valence-electron chi connectivity index (χ3n) is 6.61. The lowest BCUT2D eigenvalue weighted by Gasteiger charge is -2.38. The highest BCUT2D eigenvalue weighted by molar-refractivity contribution is 7.89. The van der Waals surface area contributed by atoms with Crippen LogP contribution in [-0.2, 0) is 19.6 Å². The quantitative estimate of drug-likeness (QED) is 0.611. The van der Waals surface area contributed by atoms with Crippen LogP contribution in [0.25, 0.3) is 0 Å². The van der Waals surface area contributed by atoms with Crippen LogP contribution in [0.3, 0.4) is 0 Å². The van der Waals surface area contributed by atoms with Gasteiger partial charge in [-0.1, -0.05) is 12.1 Å². The molecule has 1 amide bonds. The first-order chi connectivity index (χ1) is 14.9. The number of esters is 1. The van der Waals surface area contributed by atoms with Gasteiger partial charge in [0.15, 0.2) is 0 Å². The second-order valence-electron chi connectivity index (χ2n) is 8.74. The average molecular weight is 450 g/mol.